The van der Waals surface area contributed by atoms with Crippen LogP contribution in [-0.4, -0.2) is 25.6 Å². The maximum absolute atomic E-state index is 12.0. The van der Waals surface area contributed by atoms with Crippen molar-refractivity contribution in [2.75, 3.05) is 13.7 Å². The Labute approximate surface area is 128 Å². The molecule has 0 saturated heterocycles. The zero-order chi connectivity index (χ0) is 15.7. The minimum Gasteiger partial charge on any atom is -0.497 e. The van der Waals surface area contributed by atoms with E-state index in [0.29, 0.717) is 0 Å². The van der Waals surface area contributed by atoms with Crippen LogP contribution in [0.4, 0.5) is 0 Å². The number of methoxy groups -OCH3 is 1. The second-order valence-corrected chi connectivity index (χ2v) is 5.38. The Morgan fingerprint density at radius 2 is 2.05 bits per heavy atom. The topological polar surface area (TPSA) is 50.4 Å². The van der Waals surface area contributed by atoms with Gasteiger partial charge in [0, 0.05) is 12.6 Å². The minimum atomic E-state index is -0.215. The Bertz CT molecular complexity index is 435. The van der Waals surface area contributed by atoms with E-state index in [1.54, 1.807) is 7.11 Å². The highest BCUT2D eigenvalue weighted by Gasteiger charge is 2.16. The molecular formula is C17H28N2O2. The molecule has 0 aliphatic carbocycles. The van der Waals surface area contributed by atoms with E-state index in [1.807, 2.05) is 31.2 Å². The quantitative estimate of drug-likeness (QED) is 0.688. The van der Waals surface area contributed by atoms with Gasteiger partial charge in [0.25, 0.3) is 0 Å². The molecule has 0 spiro atoms. The number of carbonyl (C=O) groups is 1. The van der Waals surface area contributed by atoms with Crippen molar-refractivity contribution in [1.82, 2.24) is 10.6 Å². The largest absolute Gasteiger partial charge is 0.497 e. The molecule has 1 aromatic carbocycles. The van der Waals surface area contributed by atoms with E-state index in [2.05, 4.69) is 24.5 Å². The Morgan fingerprint density at radius 3 is 2.71 bits per heavy atom. The van der Waals surface area contributed by atoms with Crippen molar-refractivity contribution in [2.45, 2.75) is 52.1 Å². The molecule has 2 N–H and O–H groups in total. The first-order valence-corrected chi connectivity index (χ1v) is 7.76. The Kier molecular flexibility index (Phi) is 7.83. The number of unbranched alkanes of at least 4 members (excludes halogenated alkanes) is 2. The Hall–Kier alpha value is -1.55. The molecule has 0 bridgehead atoms. The van der Waals surface area contributed by atoms with Gasteiger partial charge in [-0.1, -0.05) is 31.9 Å². The molecule has 0 saturated carbocycles. The van der Waals surface area contributed by atoms with Crippen molar-refractivity contribution >= 4 is 5.91 Å². The van der Waals surface area contributed by atoms with Crippen molar-refractivity contribution in [1.29, 1.82) is 0 Å². The first-order valence-electron chi connectivity index (χ1n) is 7.76. The van der Waals surface area contributed by atoms with E-state index < -0.39 is 0 Å². The number of rotatable bonds is 9. The van der Waals surface area contributed by atoms with Crippen LogP contribution in [0.2, 0.25) is 0 Å². The maximum Gasteiger partial charge on any atom is 0.236 e. The summed E-state index contributed by atoms with van der Waals surface area (Å²) in [5.74, 6) is 0.888. The summed E-state index contributed by atoms with van der Waals surface area (Å²) in [5, 5.41) is 6.29. The monoisotopic (exact) mass is 292 g/mol. The zero-order valence-corrected chi connectivity index (χ0v) is 13.6. The van der Waals surface area contributed by atoms with Gasteiger partial charge in [-0.2, -0.15) is 0 Å². The van der Waals surface area contributed by atoms with Crippen LogP contribution in [0.3, 0.4) is 0 Å². The van der Waals surface area contributed by atoms with Crippen molar-refractivity contribution in [3.8, 4) is 5.75 Å². The lowest BCUT2D eigenvalue weighted by Crippen LogP contribution is -2.43. The molecule has 21 heavy (non-hydrogen) atoms. The van der Waals surface area contributed by atoms with Crippen LogP contribution < -0.4 is 15.4 Å². The lowest BCUT2D eigenvalue weighted by Gasteiger charge is -2.20. The minimum absolute atomic E-state index is 0.0563. The zero-order valence-electron chi connectivity index (χ0n) is 13.6. The summed E-state index contributed by atoms with van der Waals surface area (Å²) in [6.07, 6.45) is 3.36. The molecule has 1 aromatic rings. The first kappa shape index (κ1) is 17.5. The highest BCUT2D eigenvalue weighted by atomic mass is 16.5. The van der Waals surface area contributed by atoms with Crippen molar-refractivity contribution < 1.29 is 9.53 Å². The average molecular weight is 292 g/mol. The fourth-order valence-electron chi connectivity index (χ4n) is 2.20. The molecule has 0 aromatic heterocycles. The summed E-state index contributed by atoms with van der Waals surface area (Å²) in [7, 11) is 1.66. The predicted octanol–water partition coefficient (Wildman–Crippen LogP) is 3.04. The van der Waals surface area contributed by atoms with E-state index in [1.165, 1.54) is 0 Å². The molecular weight excluding hydrogens is 264 g/mol. The van der Waals surface area contributed by atoms with Crippen LogP contribution in [-0.2, 0) is 4.79 Å². The molecule has 0 heterocycles. The second kappa shape index (κ2) is 9.40. The molecule has 0 radical (unpaired) electrons. The summed E-state index contributed by atoms with van der Waals surface area (Å²) in [6.45, 7) is 6.86. The predicted molar refractivity (Wildman–Crippen MR) is 86.5 cm³/mol. The fraction of sp³-hybridized carbons (Fsp3) is 0.588. The molecule has 1 unspecified atom stereocenters. The number of benzene rings is 1. The van der Waals surface area contributed by atoms with Gasteiger partial charge in [0.05, 0.1) is 13.2 Å². The molecule has 4 nitrogen and oxygen atoms in total. The van der Waals surface area contributed by atoms with Crippen molar-refractivity contribution in [3.63, 3.8) is 0 Å². The third-order valence-electron chi connectivity index (χ3n) is 3.57. The summed E-state index contributed by atoms with van der Waals surface area (Å²) >= 11 is 0. The van der Waals surface area contributed by atoms with Gasteiger partial charge in [-0.15, -0.1) is 0 Å². The van der Waals surface area contributed by atoms with Gasteiger partial charge in [-0.25, -0.2) is 0 Å². The molecule has 0 aliphatic heterocycles. The van der Waals surface area contributed by atoms with Gasteiger partial charge in [0.1, 0.15) is 5.75 Å². The normalized spacial score (nSPS) is 13.5. The SMILES string of the molecule is CCCCCNC(=O)C(C)N[C@H](C)c1cccc(OC)c1. The van der Waals surface area contributed by atoms with Gasteiger partial charge in [0.2, 0.25) is 5.91 Å². The second-order valence-electron chi connectivity index (χ2n) is 5.38. The van der Waals surface area contributed by atoms with Crippen LogP contribution in [0.1, 0.15) is 51.6 Å². The standard InChI is InChI=1S/C17H28N2O2/c1-5-6-7-11-18-17(20)14(3)19-13(2)15-9-8-10-16(12-15)21-4/h8-10,12-14,19H,5-7,11H2,1-4H3,(H,18,20)/t13-,14?/m1/s1. The van der Waals surface area contributed by atoms with E-state index in [-0.39, 0.29) is 18.0 Å². The van der Waals surface area contributed by atoms with Crippen LogP contribution in [0.5, 0.6) is 5.75 Å². The molecule has 118 valence electrons. The van der Waals surface area contributed by atoms with Crippen LogP contribution in [0, 0.1) is 0 Å². The van der Waals surface area contributed by atoms with Crippen LogP contribution in [0.25, 0.3) is 0 Å². The highest BCUT2D eigenvalue weighted by molar-refractivity contribution is 5.81. The van der Waals surface area contributed by atoms with Crippen LogP contribution in [0.15, 0.2) is 24.3 Å². The number of nitrogens with one attached hydrogen (secondary N) is 2. The smallest absolute Gasteiger partial charge is 0.236 e. The van der Waals surface area contributed by atoms with Crippen LogP contribution >= 0.6 is 0 Å². The van der Waals surface area contributed by atoms with E-state index >= 15 is 0 Å². The van der Waals surface area contributed by atoms with Gasteiger partial charge in [0.15, 0.2) is 0 Å². The highest BCUT2D eigenvalue weighted by Crippen LogP contribution is 2.19. The molecule has 1 amide bonds. The van der Waals surface area contributed by atoms with Gasteiger partial charge < -0.3 is 10.1 Å². The summed E-state index contributed by atoms with van der Waals surface area (Å²) in [4.78, 5) is 12.0. The van der Waals surface area contributed by atoms with E-state index in [0.717, 1.165) is 37.1 Å². The van der Waals surface area contributed by atoms with Crippen molar-refractivity contribution in [3.05, 3.63) is 29.8 Å². The summed E-state index contributed by atoms with van der Waals surface area (Å²) in [6, 6.07) is 7.78. The number of ether oxygens (including phenoxy) is 1. The van der Waals surface area contributed by atoms with Gasteiger partial charge in [-0.05, 0) is 38.0 Å². The van der Waals surface area contributed by atoms with Gasteiger partial charge >= 0.3 is 0 Å². The first-order chi connectivity index (χ1) is 10.1. The van der Waals surface area contributed by atoms with Crippen molar-refractivity contribution in [2.24, 2.45) is 0 Å². The average Bonchev–Trinajstić information content (AvgIpc) is 2.51. The third kappa shape index (κ3) is 6.17. The number of hydrogen-bond acceptors (Lipinski definition) is 3. The Morgan fingerprint density at radius 1 is 1.29 bits per heavy atom. The molecule has 0 fully saturated rings. The molecule has 0 aliphatic rings. The Balaban J connectivity index is 2.45. The van der Waals surface area contributed by atoms with E-state index in [9.17, 15) is 4.79 Å². The summed E-state index contributed by atoms with van der Waals surface area (Å²) in [5.41, 5.74) is 1.11. The fourth-order valence-corrected chi connectivity index (χ4v) is 2.20. The number of amides is 1. The lowest BCUT2D eigenvalue weighted by atomic mass is 10.1. The third-order valence-corrected chi connectivity index (χ3v) is 3.57. The van der Waals surface area contributed by atoms with Gasteiger partial charge in [-0.3, -0.25) is 10.1 Å². The number of carbonyl (C=O) groups excluding carboxylic acids is 1. The molecule has 2 atom stereocenters. The maximum atomic E-state index is 12.0. The van der Waals surface area contributed by atoms with E-state index in [4.69, 9.17) is 4.74 Å². The number of hydrogen-bond donors (Lipinski definition) is 2. The molecule has 1 rings (SSSR count). The molecule has 4 heteroatoms. The lowest BCUT2D eigenvalue weighted by molar-refractivity contribution is -0.122. The summed E-state index contributed by atoms with van der Waals surface area (Å²) < 4.78 is 5.23.